The maximum atomic E-state index is 11.6. The van der Waals surface area contributed by atoms with Gasteiger partial charge in [0.1, 0.15) is 16.9 Å². The van der Waals surface area contributed by atoms with Crippen LogP contribution in [0.2, 0.25) is 0 Å². The van der Waals surface area contributed by atoms with Crippen LogP contribution in [0.5, 0.6) is 0 Å². The molecule has 5 heteroatoms. The fraction of sp³-hybridized carbons (Fsp3) is 0.267. The van der Waals surface area contributed by atoms with Crippen LogP contribution in [0.3, 0.4) is 0 Å². The predicted molar refractivity (Wildman–Crippen MR) is 82.1 cm³/mol. The topological polar surface area (TPSA) is 69.4 Å². The van der Waals surface area contributed by atoms with E-state index in [1.54, 1.807) is 0 Å². The maximum absolute atomic E-state index is 11.6. The number of benzene rings is 1. The van der Waals surface area contributed by atoms with E-state index in [9.17, 15) is 4.79 Å². The molecule has 0 spiro atoms. The Morgan fingerprint density at radius 2 is 1.80 bits per heavy atom. The lowest BCUT2D eigenvalue weighted by Gasteiger charge is -2.08. The molecule has 3 aromatic rings. The number of rotatable bonds is 1. The molecule has 4 nitrogen and oxygen atoms in total. The fourth-order valence-corrected chi connectivity index (χ4v) is 3.61. The third-order valence-electron chi connectivity index (χ3n) is 3.69. The van der Waals surface area contributed by atoms with Crippen LogP contribution in [0.25, 0.3) is 21.9 Å². The largest absolute Gasteiger partial charge is 0.461 e. The van der Waals surface area contributed by atoms with Crippen LogP contribution in [-0.4, -0.2) is 0 Å². The molecule has 0 radical (unpaired) electrons. The third-order valence-corrected chi connectivity index (χ3v) is 4.48. The molecule has 0 unspecified atom stereocenters. The summed E-state index contributed by atoms with van der Waals surface area (Å²) < 4.78 is 12.1. The summed E-state index contributed by atoms with van der Waals surface area (Å²) in [6.45, 7) is 6.08. The van der Waals surface area contributed by atoms with E-state index in [4.69, 9.17) is 14.6 Å². The van der Waals surface area contributed by atoms with Crippen molar-refractivity contribution in [2.45, 2.75) is 27.3 Å². The molecule has 2 N–H and O–H groups in total. The molecule has 0 bridgehead atoms. The van der Waals surface area contributed by atoms with Gasteiger partial charge in [0.05, 0.1) is 0 Å². The molecule has 3 rings (SSSR count). The van der Waals surface area contributed by atoms with Crippen molar-refractivity contribution in [3.05, 3.63) is 43.4 Å². The standard InChI is InChI=1S/C15H14BrNO3/c1-6-4-10(18)20-14-7(2)15-12(13(16)11(6)14)9(5-17)8(3)19-15/h4H,5,17H2,1-3H3. The van der Waals surface area contributed by atoms with Gasteiger partial charge in [0, 0.05) is 39.0 Å². The lowest BCUT2D eigenvalue weighted by molar-refractivity contribution is 0.550. The minimum atomic E-state index is -0.355. The van der Waals surface area contributed by atoms with Crippen LogP contribution in [0.1, 0.15) is 22.5 Å². The summed E-state index contributed by atoms with van der Waals surface area (Å²) >= 11 is 3.62. The van der Waals surface area contributed by atoms with Gasteiger partial charge in [-0.25, -0.2) is 4.79 Å². The molecule has 2 heterocycles. The number of furan rings is 1. The maximum Gasteiger partial charge on any atom is 0.336 e. The van der Waals surface area contributed by atoms with Crippen molar-refractivity contribution >= 4 is 37.9 Å². The van der Waals surface area contributed by atoms with Crippen molar-refractivity contribution in [1.82, 2.24) is 0 Å². The van der Waals surface area contributed by atoms with Crippen molar-refractivity contribution < 1.29 is 8.83 Å². The van der Waals surface area contributed by atoms with Gasteiger partial charge in [-0.05, 0) is 42.3 Å². The Morgan fingerprint density at radius 1 is 1.15 bits per heavy atom. The second kappa shape index (κ2) is 4.46. The molecule has 0 fully saturated rings. The van der Waals surface area contributed by atoms with Gasteiger partial charge in [0.2, 0.25) is 0 Å². The summed E-state index contributed by atoms with van der Waals surface area (Å²) in [6, 6.07) is 1.49. The van der Waals surface area contributed by atoms with Crippen molar-refractivity contribution in [2.75, 3.05) is 0 Å². The summed E-state index contributed by atoms with van der Waals surface area (Å²) in [6.07, 6.45) is 0. The normalized spacial score (nSPS) is 11.7. The number of hydrogen-bond acceptors (Lipinski definition) is 4. The predicted octanol–water partition coefficient (Wildman–Crippen LogP) is 3.69. The van der Waals surface area contributed by atoms with Crippen molar-refractivity contribution in [3.63, 3.8) is 0 Å². The van der Waals surface area contributed by atoms with Gasteiger partial charge in [-0.1, -0.05) is 0 Å². The van der Waals surface area contributed by atoms with Crippen molar-refractivity contribution in [3.8, 4) is 0 Å². The quantitative estimate of drug-likeness (QED) is 0.688. The first-order valence-corrected chi connectivity index (χ1v) is 7.09. The van der Waals surface area contributed by atoms with Gasteiger partial charge in [-0.3, -0.25) is 0 Å². The van der Waals surface area contributed by atoms with Gasteiger partial charge in [0.25, 0.3) is 0 Å². The van der Waals surface area contributed by atoms with E-state index in [2.05, 4.69) is 15.9 Å². The average Bonchev–Trinajstić information content (AvgIpc) is 2.72. The summed E-state index contributed by atoms with van der Waals surface area (Å²) in [4.78, 5) is 11.6. The first-order chi connectivity index (χ1) is 9.45. The van der Waals surface area contributed by atoms with Crippen LogP contribution in [0.15, 0.2) is 24.2 Å². The number of hydrogen-bond donors (Lipinski definition) is 1. The Kier molecular flexibility index (Phi) is 2.99. The molecule has 0 amide bonds. The molecule has 104 valence electrons. The molecule has 2 aromatic heterocycles. The van der Waals surface area contributed by atoms with E-state index >= 15 is 0 Å². The first kappa shape index (κ1) is 13.4. The van der Waals surface area contributed by atoms with E-state index in [1.165, 1.54) is 6.07 Å². The van der Waals surface area contributed by atoms with E-state index in [-0.39, 0.29) is 5.63 Å². The third kappa shape index (κ3) is 1.66. The Labute approximate surface area is 123 Å². The summed E-state index contributed by atoms with van der Waals surface area (Å²) in [5, 5.41) is 1.86. The minimum absolute atomic E-state index is 0.355. The smallest absolute Gasteiger partial charge is 0.336 e. The molecule has 0 saturated heterocycles. The van der Waals surface area contributed by atoms with Crippen molar-refractivity contribution in [1.29, 1.82) is 0 Å². The highest BCUT2D eigenvalue weighted by molar-refractivity contribution is 9.10. The van der Waals surface area contributed by atoms with Crippen LogP contribution < -0.4 is 11.4 Å². The minimum Gasteiger partial charge on any atom is -0.461 e. The van der Waals surface area contributed by atoms with E-state index in [0.29, 0.717) is 12.1 Å². The molecular weight excluding hydrogens is 322 g/mol. The number of fused-ring (bicyclic) bond motifs is 2. The van der Waals surface area contributed by atoms with Crippen LogP contribution in [-0.2, 0) is 6.54 Å². The number of aryl methyl sites for hydroxylation is 3. The summed E-state index contributed by atoms with van der Waals surface area (Å²) in [5.74, 6) is 0.793. The Hall–Kier alpha value is -1.59. The second-order valence-corrected chi connectivity index (χ2v) is 5.73. The van der Waals surface area contributed by atoms with Gasteiger partial charge in [-0.2, -0.15) is 0 Å². The van der Waals surface area contributed by atoms with Gasteiger partial charge < -0.3 is 14.6 Å². The Balaban J connectivity index is 2.68. The Morgan fingerprint density at radius 3 is 2.45 bits per heavy atom. The monoisotopic (exact) mass is 335 g/mol. The molecular formula is C15H14BrNO3. The highest BCUT2D eigenvalue weighted by Gasteiger charge is 2.21. The van der Waals surface area contributed by atoms with E-state index in [1.807, 2.05) is 20.8 Å². The average molecular weight is 336 g/mol. The summed E-state index contributed by atoms with van der Waals surface area (Å²) in [7, 11) is 0. The lowest BCUT2D eigenvalue weighted by Crippen LogP contribution is -2.01. The van der Waals surface area contributed by atoms with E-state index < -0.39 is 0 Å². The van der Waals surface area contributed by atoms with Crippen molar-refractivity contribution in [2.24, 2.45) is 5.73 Å². The van der Waals surface area contributed by atoms with Gasteiger partial charge in [-0.15, -0.1) is 0 Å². The first-order valence-electron chi connectivity index (χ1n) is 6.30. The zero-order valence-corrected chi connectivity index (χ0v) is 13.1. The van der Waals surface area contributed by atoms with Crippen LogP contribution in [0.4, 0.5) is 0 Å². The molecule has 0 aliphatic rings. The second-order valence-electron chi connectivity index (χ2n) is 4.94. The molecule has 0 saturated carbocycles. The van der Waals surface area contributed by atoms with Crippen LogP contribution in [0, 0.1) is 20.8 Å². The zero-order valence-electron chi connectivity index (χ0n) is 11.5. The highest BCUT2D eigenvalue weighted by atomic mass is 79.9. The molecule has 20 heavy (non-hydrogen) atoms. The zero-order chi connectivity index (χ0) is 14.6. The van der Waals surface area contributed by atoms with Crippen LogP contribution >= 0.6 is 15.9 Å². The Bertz CT molecular complexity index is 905. The van der Waals surface area contributed by atoms with Gasteiger partial charge in [0.15, 0.2) is 0 Å². The van der Waals surface area contributed by atoms with Gasteiger partial charge >= 0.3 is 5.63 Å². The molecule has 0 atom stereocenters. The highest BCUT2D eigenvalue weighted by Crippen LogP contribution is 2.40. The molecule has 1 aromatic carbocycles. The number of halogens is 1. The SMILES string of the molecule is Cc1oc2c(C)c3oc(=O)cc(C)c3c(Br)c2c1CN. The fourth-order valence-electron chi connectivity index (χ4n) is 2.69. The molecule has 0 aliphatic heterocycles. The molecule has 0 aliphatic carbocycles. The lowest BCUT2D eigenvalue weighted by atomic mass is 10.0. The van der Waals surface area contributed by atoms with E-state index in [0.717, 1.165) is 43.3 Å². The summed E-state index contributed by atoms with van der Waals surface area (Å²) in [5.41, 5.74) is 9.42. The number of nitrogens with two attached hydrogens (primary N) is 1.